The van der Waals surface area contributed by atoms with Gasteiger partial charge in [-0.15, -0.1) is 11.3 Å². The molecule has 3 rings (SSSR count). The van der Waals surface area contributed by atoms with E-state index in [1.54, 1.807) is 29.7 Å². The molecule has 2 aromatic carbocycles. The van der Waals surface area contributed by atoms with Crippen LogP contribution in [0.25, 0.3) is 11.3 Å². The highest BCUT2D eigenvalue weighted by molar-refractivity contribution is 7.15. The maximum absolute atomic E-state index is 6.20. The van der Waals surface area contributed by atoms with Crippen molar-refractivity contribution in [2.45, 2.75) is 13.8 Å². The topological polar surface area (TPSA) is 46.5 Å². The molecule has 0 spiro atoms. The molecule has 4 nitrogen and oxygen atoms in total. The first-order valence-electron chi connectivity index (χ1n) is 8.02. The molecule has 0 aliphatic heterocycles. The fraction of sp³-hybridized carbons (Fsp3) is 0.158. The molecule has 0 unspecified atom stereocenters. The maximum Gasteiger partial charge on any atom is 0.204 e. The van der Waals surface area contributed by atoms with Crippen LogP contribution in [-0.4, -0.2) is 17.8 Å². The third-order valence-electron chi connectivity index (χ3n) is 3.53. The van der Waals surface area contributed by atoms with Gasteiger partial charge >= 0.3 is 0 Å². The zero-order valence-corrected chi connectivity index (χ0v) is 16.6. The van der Waals surface area contributed by atoms with Crippen molar-refractivity contribution in [3.8, 4) is 17.0 Å². The van der Waals surface area contributed by atoms with E-state index < -0.39 is 0 Å². The molecule has 1 N–H and O–H groups in total. The Hall–Kier alpha value is -2.08. The number of hydrazone groups is 1. The highest BCUT2D eigenvalue weighted by Crippen LogP contribution is 2.34. The Bertz CT molecular complexity index is 903. The Balaban J connectivity index is 1.73. The van der Waals surface area contributed by atoms with Crippen LogP contribution in [0.5, 0.6) is 5.75 Å². The Labute approximate surface area is 166 Å². The predicted octanol–water partition coefficient (Wildman–Crippen LogP) is 6.27. The minimum absolute atomic E-state index is 0.456. The van der Waals surface area contributed by atoms with Crippen LogP contribution < -0.4 is 10.2 Å². The Morgan fingerprint density at radius 3 is 2.54 bits per heavy atom. The van der Waals surface area contributed by atoms with E-state index in [4.69, 9.17) is 27.9 Å². The SMILES string of the molecule is CCOc1c(Cl)cc(/C=N\Nc2nc(-c3ccccc3)c(C)s2)cc1Cl. The van der Waals surface area contributed by atoms with E-state index in [9.17, 15) is 0 Å². The fourth-order valence-electron chi connectivity index (χ4n) is 2.41. The molecule has 3 aromatic rings. The number of rotatable bonds is 6. The van der Waals surface area contributed by atoms with Crippen molar-refractivity contribution in [2.24, 2.45) is 5.10 Å². The van der Waals surface area contributed by atoms with E-state index in [0.29, 0.717) is 22.4 Å². The zero-order valence-electron chi connectivity index (χ0n) is 14.3. The summed E-state index contributed by atoms with van der Waals surface area (Å²) in [7, 11) is 0. The van der Waals surface area contributed by atoms with Gasteiger partial charge in [0.15, 0.2) is 5.75 Å². The summed E-state index contributed by atoms with van der Waals surface area (Å²) in [5, 5.41) is 5.87. The number of aryl methyl sites for hydroxylation is 1. The van der Waals surface area contributed by atoms with Crippen LogP contribution in [-0.2, 0) is 0 Å². The number of anilines is 1. The summed E-state index contributed by atoms with van der Waals surface area (Å²) in [5.41, 5.74) is 5.78. The van der Waals surface area contributed by atoms with E-state index in [1.165, 1.54) is 0 Å². The molecule has 0 amide bonds. The van der Waals surface area contributed by atoms with Gasteiger partial charge in [-0.25, -0.2) is 4.98 Å². The highest BCUT2D eigenvalue weighted by atomic mass is 35.5. The number of nitrogens with zero attached hydrogens (tertiary/aromatic N) is 2. The van der Waals surface area contributed by atoms with E-state index in [2.05, 4.69) is 15.5 Å². The number of hydrogen-bond acceptors (Lipinski definition) is 5. The molecule has 0 saturated heterocycles. The fourth-order valence-corrected chi connectivity index (χ4v) is 3.80. The third-order valence-corrected chi connectivity index (χ3v) is 4.96. The lowest BCUT2D eigenvalue weighted by Crippen LogP contribution is -1.95. The van der Waals surface area contributed by atoms with Crippen LogP contribution in [0.3, 0.4) is 0 Å². The van der Waals surface area contributed by atoms with Crippen LogP contribution in [0, 0.1) is 6.92 Å². The van der Waals surface area contributed by atoms with Crippen molar-refractivity contribution in [3.05, 3.63) is 63.0 Å². The number of nitrogens with one attached hydrogen (secondary N) is 1. The van der Waals surface area contributed by atoms with Gasteiger partial charge in [0.2, 0.25) is 5.13 Å². The average molecular weight is 406 g/mol. The summed E-state index contributed by atoms with van der Waals surface area (Å²) >= 11 is 14.0. The van der Waals surface area contributed by atoms with Crippen LogP contribution in [0.4, 0.5) is 5.13 Å². The van der Waals surface area contributed by atoms with Crippen molar-refractivity contribution < 1.29 is 4.74 Å². The first-order chi connectivity index (χ1) is 12.6. The molecular formula is C19H17Cl2N3OS. The highest BCUT2D eigenvalue weighted by Gasteiger charge is 2.10. The van der Waals surface area contributed by atoms with Crippen molar-refractivity contribution in [3.63, 3.8) is 0 Å². The minimum Gasteiger partial charge on any atom is -0.491 e. The Morgan fingerprint density at radius 1 is 1.19 bits per heavy atom. The van der Waals surface area contributed by atoms with Crippen molar-refractivity contribution >= 4 is 45.9 Å². The Kier molecular flexibility index (Phi) is 6.14. The second-order valence-corrected chi connectivity index (χ2v) is 7.42. The second kappa shape index (κ2) is 8.54. The molecule has 1 aromatic heterocycles. The van der Waals surface area contributed by atoms with Gasteiger partial charge in [0.25, 0.3) is 0 Å². The summed E-state index contributed by atoms with van der Waals surface area (Å²) in [6, 6.07) is 13.6. The van der Waals surface area contributed by atoms with E-state index >= 15 is 0 Å². The van der Waals surface area contributed by atoms with E-state index in [0.717, 1.165) is 26.8 Å². The molecular weight excluding hydrogens is 389 g/mol. The summed E-state index contributed by atoms with van der Waals surface area (Å²) in [5.74, 6) is 0.490. The monoisotopic (exact) mass is 405 g/mol. The van der Waals surface area contributed by atoms with Gasteiger partial charge in [-0.05, 0) is 31.5 Å². The number of thiazole rings is 1. The zero-order chi connectivity index (χ0) is 18.5. The Morgan fingerprint density at radius 2 is 1.88 bits per heavy atom. The molecule has 0 atom stereocenters. The molecule has 26 heavy (non-hydrogen) atoms. The molecule has 0 radical (unpaired) electrons. The number of hydrogen-bond donors (Lipinski definition) is 1. The number of aromatic nitrogens is 1. The molecule has 7 heteroatoms. The maximum atomic E-state index is 6.20. The molecule has 0 aliphatic rings. The number of ether oxygens (including phenoxy) is 1. The van der Waals surface area contributed by atoms with Gasteiger partial charge < -0.3 is 4.74 Å². The van der Waals surface area contributed by atoms with Gasteiger partial charge in [0.05, 0.1) is 28.6 Å². The van der Waals surface area contributed by atoms with Crippen molar-refractivity contribution in [2.75, 3.05) is 12.0 Å². The molecule has 0 aliphatic carbocycles. The van der Waals surface area contributed by atoms with E-state index in [-0.39, 0.29) is 0 Å². The van der Waals surface area contributed by atoms with Crippen LogP contribution >= 0.6 is 34.5 Å². The summed E-state index contributed by atoms with van der Waals surface area (Å²) in [6.07, 6.45) is 1.65. The lowest BCUT2D eigenvalue weighted by Gasteiger charge is -2.08. The second-order valence-electron chi connectivity index (χ2n) is 5.41. The van der Waals surface area contributed by atoms with Crippen molar-refractivity contribution in [1.29, 1.82) is 0 Å². The van der Waals surface area contributed by atoms with Gasteiger partial charge in [-0.1, -0.05) is 53.5 Å². The van der Waals surface area contributed by atoms with Gasteiger partial charge in [-0.2, -0.15) is 5.10 Å². The van der Waals surface area contributed by atoms with Crippen LogP contribution in [0.15, 0.2) is 47.6 Å². The van der Waals surface area contributed by atoms with Crippen LogP contribution in [0.1, 0.15) is 17.4 Å². The van der Waals surface area contributed by atoms with Gasteiger partial charge in [-0.3, -0.25) is 5.43 Å². The largest absolute Gasteiger partial charge is 0.491 e. The third kappa shape index (κ3) is 4.36. The van der Waals surface area contributed by atoms with Gasteiger partial charge in [0, 0.05) is 10.4 Å². The number of benzene rings is 2. The van der Waals surface area contributed by atoms with Crippen LogP contribution in [0.2, 0.25) is 10.0 Å². The molecule has 0 bridgehead atoms. The lowest BCUT2D eigenvalue weighted by molar-refractivity contribution is 0.340. The predicted molar refractivity (Wildman–Crippen MR) is 111 cm³/mol. The first kappa shape index (κ1) is 18.7. The summed E-state index contributed by atoms with van der Waals surface area (Å²) in [6.45, 7) is 4.42. The van der Waals surface area contributed by atoms with E-state index in [1.807, 2.05) is 44.2 Å². The molecule has 134 valence electrons. The molecule has 1 heterocycles. The smallest absolute Gasteiger partial charge is 0.204 e. The first-order valence-corrected chi connectivity index (χ1v) is 9.59. The average Bonchev–Trinajstić information content (AvgIpc) is 2.99. The minimum atomic E-state index is 0.456. The van der Waals surface area contributed by atoms with Gasteiger partial charge in [0.1, 0.15) is 0 Å². The quantitative estimate of drug-likeness (QED) is 0.388. The number of halogens is 2. The summed E-state index contributed by atoms with van der Waals surface area (Å²) < 4.78 is 5.42. The summed E-state index contributed by atoms with van der Waals surface area (Å²) in [4.78, 5) is 5.73. The molecule has 0 saturated carbocycles. The van der Waals surface area contributed by atoms with Crippen molar-refractivity contribution in [1.82, 2.24) is 4.98 Å². The molecule has 0 fully saturated rings. The normalized spacial score (nSPS) is 11.1. The standard InChI is InChI=1S/C19H17Cl2N3OS/c1-3-25-18-15(20)9-13(10-16(18)21)11-22-24-19-23-17(12(2)26-19)14-7-5-4-6-8-14/h4-11H,3H2,1-2H3,(H,23,24)/b22-11-. The lowest BCUT2D eigenvalue weighted by atomic mass is 10.1.